The summed E-state index contributed by atoms with van der Waals surface area (Å²) in [5.41, 5.74) is 5.55. The maximum absolute atomic E-state index is 12.5. The fraction of sp³-hybridized carbons (Fsp3) is 0.733. The topological polar surface area (TPSA) is 20.3 Å². The number of hydrogen-bond acceptors (Lipinski definition) is 1. The van der Waals surface area contributed by atoms with Crippen LogP contribution in [0, 0.1) is 5.92 Å². The monoisotopic (exact) mass is 265 g/mol. The standard InChI is InChI=1S/C15H27NOSi/c1-10-11(2)13(4)14(12(10)3)9-18(17)16(8)15(5,6)7/h12H,9H2,1-8H3. The predicted octanol–water partition coefficient (Wildman–Crippen LogP) is 3.94. The van der Waals surface area contributed by atoms with Crippen LogP contribution in [0.1, 0.15) is 48.5 Å². The van der Waals surface area contributed by atoms with E-state index in [1.165, 1.54) is 22.3 Å². The second-order valence-corrected chi connectivity index (χ2v) is 8.29. The predicted molar refractivity (Wildman–Crippen MR) is 79.0 cm³/mol. The molecule has 0 amide bonds. The van der Waals surface area contributed by atoms with Gasteiger partial charge in [-0.1, -0.05) is 18.1 Å². The lowest BCUT2D eigenvalue weighted by Gasteiger charge is -2.32. The van der Waals surface area contributed by atoms with Crippen LogP contribution in [0.15, 0.2) is 22.3 Å². The lowest BCUT2D eigenvalue weighted by Crippen LogP contribution is -2.44. The van der Waals surface area contributed by atoms with Crippen molar-refractivity contribution in [3.63, 3.8) is 0 Å². The van der Waals surface area contributed by atoms with Crippen LogP contribution in [0.3, 0.4) is 0 Å². The lowest BCUT2D eigenvalue weighted by atomic mass is 10.00. The molecule has 0 aliphatic heterocycles. The Morgan fingerprint density at radius 3 is 2.00 bits per heavy atom. The van der Waals surface area contributed by atoms with Crippen molar-refractivity contribution >= 4 is 8.84 Å². The van der Waals surface area contributed by atoms with Crippen molar-refractivity contribution in [1.29, 1.82) is 0 Å². The van der Waals surface area contributed by atoms with Gasteiger partial charge in [0.25, 0.3) is 0 Å². The maximum Gasteiger partial charge on any atom is 0.399 e. The molecule has 1 unspecified atom stereocenters. The molecule has 0 aromatic rings. The van der Waals surface area contributed by atoms with Crippen molar-refractivity contribution in [3.8, 4) is 0 Å². The molecule has 2 nitrogen and oxygen atoms in total. The number of hydrogen-bond donors (Lipinski definition) is 0. The Bertz CT molecular complexity index is 426. The molecule has 0 fully saturated rings. The minimum Gasteiger partial charge on any atom is -0.375 e. The summed E-state index contributed by atoms with van der Waals surface area (Å²) < 4.78 is 14.5. The van der Waals surface area contributed by atoms with Gasteiger partial charge in [-0.2, -0.15) is 0 Å². The van der Waals surface area contributed by atoms with Gasteiger partial charge in [0.05, 0.1) is 0 Å². The number of nitrogens with zero attached hydrogens (tertiary/aromatic N) is 1. The van der Waals surface area contributed by atoms with Gasteiger partial charge < -0.3 is 9.03 Å². The zero-order chi connectivity index (χ0) is 14.2. The summed E-state index contributed by atoms with van der Waals surface area (Å²) in [6.45, 7) is 15.1. The van der Waals surface area contributed by atoms with Gasteiger partial charge in [-0.15, -0.1) is 0 Å². The molecule has 0 bridgehead atoms. The van der Waals surface area contributed by atoms with Crippen molar-refractivity contribution in [2.24, 2.45) is 5.92 Å². The largest absolute Gasteiger partial charge is 0.399 e. The molecule has 0 N–H and O–H groups in total. The van der Waals surface area contributed by atoms with Crippen molar-refractivity contribution in [3.05, 3.63) is 22.3 Å². The number of allylic oxidation sites excluding steroid dienone is 4. The fourth-order valence-electron chi connectivity index (χ4n) is 2.39. The highest BCUT2D eigenvalue weighted by Crippen LogP contribution is 2.38. The van der Waals surface area contributed by atoms with Gasteiger partial charge in [-0.05, 0) is 58.6 Å². The Hall–Kier alpha value is -0.703. The first-order chi connectivity index (χ1) is 8.07. The first kappa shape index (κ1) is 15.4. The molecule has 1 aliphatic carbocycles. The van der Waals surface area contributed by atoms with Gasteiger partial charge >= 0.3 is 8.84 Å². The van der Waals surface area contributed by atoms with Gasteiger partial charge in [-0.3, -0.25) is 0 Å². The van der Waals surface area contributed by atoms with Crippen LogP contribution < -0.4 is 0 Å². The molecule has 0 spiro atoms. The van der Waals surface area contributed by atoms with E-state index in [-0.39, 0.29) is 5.54 Å². The second kappa shape index (κ2) is 5.12. The smallest absolute Gasteiger partial charge is 0.375 e. The van der Waals surface area contributed by atoms with E-state index in [1.807, 2.05) is 11.6 Å². The highest BCUT2D eigenvalue weighted by molar-refractivity contribution is 6.40. The van der Waals surface area contributed by atoms with Gasteiger partial charge in [0, 0.05) is 18.6 Å². The fourth-order valence-corrected chi connectivity index (χ4v) is 4.27. The third kappa shape index (κ3) is 2.82. The molecular weight excluding hydrogens is 238 g/mol. The van der Waals surface area contributed by atoms with Crippen LogP contribution in [0.5, 0.6) is 0 Å². The van der Waals surface area contributed by atoms with E-state index in [1.54, 1.807) is 0 Å². The Morgan fingerprint density at radius 2 is 1.67 bits per heavy atom. The van der Waals surface area contributed by atoms with E-state index in [2.05, 4.69) is 48.5 Å². The number of rotatable bonds is 3. The summed E-state index contributed by atoms with van der Waals surface area (Å²) in [5, 5.41) is 0. The maximum atomic E-state index is 12.5. The summed E-state index contributed by atoms with van der Waals surface area (Å²) in [7, 11) is 0.256. The average Bonchev–Trinajstić information content (AvgIpc) is 2.44. The molecule has 0 saturated heterocycles. The summed E-state index contributed by atoms with van der Waals surface area (Å²) >= 11 is 0. The van der Waals surface area contributed by atoms with Gasteiger partial charge in [0.2, 0.25) is 0 Å². The molecule has 18 heavy (non-hydrogen) atoms. The molecule has 0 aromatic carbocycles. The molecule has 102 valence electrons. The summed E-state index contributed by atoms with van der Waals surface area (Å²) in [6, 6.07) is 0.736. The molecule has 1 aliphatic rings. The van der Waals surface area contributed by atoms with Crippen LogP contribution in [-0.2, 0) is 4.46 Å². The van der Waals surface area contributed by atoms with Crippen LogP contribution in [0.25, 0.3) is 0 Å². The Kier molecular flexibility index (Phi) is 4.37. The van der Waals surface area contributed by atoms with Crippen LogP contribution in [-0.4, -0.2) is 26.0 Å². The SMILES string of the molecule is CC1=C(C)C(C)C(C[Si](=O)N(C)C(C)(C)C)=C1C. The lowest BCUT2D eigenvalue weighted by molar-refractivity contribution is 0.274. The average molecular weight is 265 g/mol. The van der Waals surface area contributed by atoms with Gasteiger partial charge in [-0.25, -0.2) is 0 Å². The molecule has 0 heterocycles. The van der Waals surface area contributed by atoms with Crippen molar-refractivity contribution in [1.82, 2.24) is 4.57 Å². The van der Waals surface area contributed by atoms with E-state index >= 15 is 0 Å². The molecule has 1 atom stereocenters. The van der Waals surface area contributed by atoms with Crippen LogP contribution in [0.4, 0.5) is 0 Å². The molecule has 1 rings (SSSR count). The van der Waals surface area contributed by atoms with E-state index in [0.717, 1.165) is 6.04 Å². The van der Waals surface area contributed by atoms with E-state index in [9.17, 15) is 4.46 Å². The van der Waals surface area contributed by atoms with Crippen LogP contribution in [0.2, 0.25) is 6.04 Å². The van der Waals surface area contributed by atoms with Crippen molar-refractivity contribution in [2.75, 3.05) is 7.05 Å². The molecular formula is C15H27NOSi. The highest BCUT2D eigenvalue weighted by atomic mass is 28.3. The van der Waals surface area contributed by atoms with E-state index in [0.29, 0.717) is 5.92 Å². The summed E-state index contributed by atoms with van der Waals surface area (Å²) in [4.78, 5) is 0. The first-order valence-electron chi connectivity index (χ1n) is 6.71. The Balaban J connectivity index is 2.86. The van der Waals surface area contributed by atoms with Crippen LogP contribution >= 0.6 is 0 Å². The Labute approximate surface area is 114 Å². The van der Waals surface area contributed by atoms with E-state index in [4.69, 9.17) is 0 Å². The third-order valence-electron chi connectivity index (χ3n) is 4.53. The second-order valence-electron chi connectivity index (χ2n) is 6.48. The molecule has 0 aromatic heterocycles. The molecule has 0 radical (unpaired) electrons. The third-order valence-corrected chi connectivity index (χ3v) is 6.63. The normalized spacial score (nSPS) is 20.8. The zero-order valence-corrected chi connectivity index (χ0v) is 14.1. The minimum atomic E-state index is -1.72. The van der Waals surface area contributed by atoms with E-state index < -0.39 is 8.84 Å². The molecule has 0 saturated carbocycles. The quantitative estimate of drug-likeness (QED) is 0.720. The zero-order valence-electron chi connectivity index (χ0n) is 13.1. The minimum absolute atomic E-state index is 0.0239. The van der Waals surface area contributed by atoms with Crippen molar-refractivity contribution in [2.45, 2.75) is 60.0 Å². The van der Waals surface area contributed by atoms with Crippen molar-refractivity contribution < 1.29 is 4.46 Å². The van der Waals surface area contributed by atoms with Gasteiger partial charge in [0.1, 0.15) is 0 Å². The Morgan fingerprint density at radius 1 is 1.17 bits per heavy atom. The highest BCUT2D eigenvalue weighted by Gasteiger charge is 2.30. The van der Waals surface area contributed by atoms with Gasteiger partial charge in [0.15, 0.2) is 0 Å². The first-order valence-corrected chi connectivity index (χ1v) is 8.27. The summed E-state index contributed by atoms with van der Waals surface area (Å²) in [5.74, 6) is 0.465. The molecule has 3 heteroatoms. The summed E-state index contributed by atoms with van der Waals surface area (Å²) in [6.07, 6.45) is 0.